The molecule has 0 aromatic carbocycles. The zero-order valence-electron chi connectivity index (χ0n) is 9.82. The second-order valence-corrected chi connectivity index (χ2v) is 4.67. The van der Waals surface area contributed by atoms with Gasteiger partial charge < -0.3 is 14.6 Å². The molecule has 1 N–H and O–H groups in total. The monoisotopic (exact) mass is 253 g/mol. The van der Waals surface area contributed by atoms with Gasteiger partial charge in [0.2, 0.25) is 11.8 Å². The minimum atomic E-state index is -0.342. The zero-order chi connectivity index (χ0) is 12.7. The molecule has 4 atom stereocenters. The van der Waals surface area contributed by atoms with E-state index in [2.05, 4.69) is 0 Å². The first-order valence-electron chi connectivity index (χ1n) is 6.11. The number of carbonyl (C=O) groups excluding carboxylic acids is 2. The average molecular weight is 253 g/mol. The van der Waals surface area contributed by atoms with Crippen LogP contribution in [0.15, 0.2) is 12.2 Å². The molecule has 0 radical (unpaired) electrons. The van der Waals surface area contributed by atoms with Crippen LogP contribution in [0.2, 0.25) is 0 Å². The molecule has 6 heteroatoms. The maximum atomic E-state index is 12.1. The number of amides is 2. The van der Waals surface area contributed by atoms with Gasteiger partial charge in [-0.05, 0) is 0 Å². The Kier molecular flexibility index (Phi) is 2.93. The van der Waals surface area contributed by atoms with Crippen LogP contribution in [0.3, 0.4) is 0 Å². The highest BCUT2D eigenvalue weighted by Gasteiger charge is 2.60. The molecule has 2 amide bonds. The SMILES string of the molecule is O=C1[C@@H]2C3C=CC(O3)[C@@H]2C(=O)N1CCOCCO. The number of ether oxygens (including phenoxy) is 2. The van der Waals surface area contributed by atoms with Gasteiger partial charge in [0.1, 0.15) is 0 Å². The Morgan fingerprint density at radius 1 is 1.17 bits per heavy atom. The fourth-order valence-electron chi connectivity index (χ4n) is 2.91. The van der Waals surface area contributed by atoms with Crippen LogP contribution in [-0.2, 0) is 19.1 Å². The third-order valence-electron chi connectivity index (χ3n) is 3.70. The summed E-state index contributed by atoms with van der Waals surface area (Å²) in [6, 6.07) is 0. The number of nitrogens with zero attached hydrogens (tertiary/aromatic N) is 1. The number of hydrogen-bond acceptors (Lipinski definition) is 5. The lowest BCUT2D eigenvalue weighted by molar-refractivity contribution is -0.143. The predicted molar refractivity (Wildman–Crippen MR) is 59.4 cm³/mol. The predicted octanol–water partition coefficient (Wildman–Crippen LogP) is -1.07. The van der Waals surface area contributed by atoms with Crippen LogP contribution >= 0.6 is 0 Å². The van der Waals surface area contributed by atoms with Gasteiger partial charge in [-0.3, -0.25) is 14.5 Å². The smallest absolute Gasteiger partial charge is 0.236 e. The fourth-order valence-corrected chi connectivity index (χ4v) is 2.91. The molecule has 3 aliphatic heterocycles. The molecule has 3 aliphatic rings. The fraction of sp³-hybridized carbons (Fsp3) is 0.667. The van der Waals surface area contributed by atoms with Crippen LogP contribution in [0.1, 0.15) is 0 Å². The van der Waals surface area contributed by atoms with Crippen LogP contribution in [0.25, 0.3) is 0 Å². The Morgan fingerprint density at radius 2 is 1.78 bits per heavy atom. The number of aliphatic hydroxyl groups excluding tert-OH is 1. The molecule has 0 aromatic heterocycles. The highest BCUT2D eigenvalue weighted by molar-refractivity contribution is 6.06. The molecule has 2 saturated heterocycles. The van der Waals surface area contributed by atoms with Crippen molar-refractivity contribution < 1.29 is 24.2 Å². The molecule has 18 heavy (non-hydrogen) atoms. The highest BCUT2D eigenvalue weighted by atomic mass is 16.5. The Morgan fingerprint density at radius 3 is 2.33 bits per heavy atom. The van der Waals surface area contributed by atoms with E-state index in [0.29, 0.717) is 0 Å². The number of rotatable bonds is 5. The van der Waals surface area contributed by atoms with E-state index in [1.165, 1.54) is 4.90 Å². The Balaban J connectivity index is 1.65. The summed E-state index contributed by atoms with van der Waals surface area (Å²) in [5, 5.41) is 8.57. The third kappa shape index (κ3) is 1.60. The Labute approximate surface area is 104 Å². The van der Waals surface area contributed by atoms with Gasteiger partial charge in [-0.15, -0.1) is 0 Å². The maximum Gasteiger partial charge on any atom is 0.236 e. The van der Waals surface area contributed by atoms with Gasteiger partial charge in [0.25, 0.3) is 0 Å². The molecule has 6 nitrogen and oxygen atoms in total. The van der Waals surface area contributed by atoms with Crippen LogP contribution in [0.5, 0.6) is 0 Å². The van der Waals surface area contributed by atoms with E-state index in [0.717, 1.165) is 0 Å². The lowest BCUT2D eigenvalue weighted by Crippen LogP contribution is -2.37. The molecule has 3 heterocycles. The number of likely N-dealkylation sites (tertiary alicyclic amines) is 1. The van der Waals surface area contributed by atoms with Gasteiger partial charge in [0.05, 0.1) is 50.4 Å². The molecule has 2 unspecified atom stereocenters. The van der Waals surface area contributed by atoms with E-state index in [1.54, 1.807) is 0 Å². The molecule has 2 fully saturated rings. The summed E-state index contributed by atoms with van der Waals surface area (Å²) in [5.74, 6) is -1.00. The first-order valence-corrected chi connectivity index (χ1v) is 6.11. The standard InChI is InChI=1S/C12H15NO5/c14-4-6-17-5-3-13-11(15)9-7-1-2-8(18-7)10(9)12(13)16/h1-2,7-10,14H,3-6H2/t7?,8?,9-,10+. The topological polar surface area (TPSA) is 76.1 Å². The summed E-state index contributed by atoms with van der Waals surface area (Å²) < 4.78 is 10.6. The Bertz CT molecular complexity index is 377. The average Bonchev–Trinajstić information content (AvgIpc) is 3.02. The van der Waals surface area contributed by atoms with Crippen molar-refractivity contribution in [3.05, 3.63) is 12.2 Å². The van der Waals surface area contributed by atoms with Crippen LogP contribution in [-0.4, -0.2) is 60.4 Å². The van der Waals surface area contributed by atoms with Crippen LogP contribution in [0.4, 0.5) is 0 Å². The van der Waals surface area contributed by atoms with Crippen molar-refractivity contribution in [2.24, 2.45) is 11.8 Å². The lowest BCUT2D eigenvalue weighted by atomic mass is 9.85. The molecule has 0 spiro atoms. The van der Waals surface area contributed by atoms with E-state index in [4.69, 9.17) is 14.6 Å². The normalized spacial score (nSPS) is 36.8. The summed E-state index contributed by atoms with van der Waals surface area (Å²) in [6.45, 7) is 0.680. The second kappa shape index (κ2) is 4.46. The molecule has 0 aliphatic carbocycles. The second-order valence-electron chi connectivity index (χ2n) is 4.67. The van der Waals surface area contributed by atoms with Crippen LogP contribution < -0.4 is 0 Å². The van der Waals surface area contributed by atoms with Crippen molar-refractivity contribution in [3.63, 3.8) is 0 Å². The Hall–Kier alpha value is -1.24. The molecular formula is C12H15NO5. The van der Waals surface area contributed by atoms with E-state index in [-0.39, 0.29) is 62.2 Å². The first-order chi connectivity index (χ1) is 8.74. The molecule has 98 valence electrons. The number of hydrogen-bond donors (Lipinski definition) is 1. The lowest BCUT2D eigenvalue weighted by Gasteiger charge is -2.17. The van der Waals surface area contributed by atoms with E-state index >= 15 is 0 Å². The largest absolute Gasteiger partial charge is 0.394 e. The van der Waals surface area contributed by atoms with Gasteiger partial charge in [-0.2, -0.15) is 0 Å². The van der Waals surface area contributed by atoms with Crippen LogP contribution in [0, 0.1) is 11.8 Å². The molecule has 2 bridgehead atoms. The van der Waals surface area contributed by atoms with Gasteiger partial charge in [-0.1, -0.05) is 12.2 Å². The van der Waals surface area contributed by atoms with Crippen molar-refractivity contribution in [1.29, 1.82) is 0 Å². The van der Waals surface area contributed by atoms with Gasteiger partial charge in [0, 0.05) is 0 Å². The molecule has 3 rings (SSSR count). The maximum absolute atomic E-state index is 12.1. The van der Waals surface area contributed by atoms with E-state index in [9.17, 15) is 9.59 Å². The van der Waals surface area contributed by atoms with Gasteiger partial charge in [0.15, 0.2) is 0 Å². The molecule has 0 aromatic rings. The summed E-state index contributed by atoms with van der Waals surface area (Å²) in [6.07, 6.45) is 3.26. The summed E-state index contributed by atoms with van der Waals surface area (Å²) in [5.41, 5.74) is 0. The minimum Gasteiger partial charge on any atom is -0.394 e. The minimum absolute atomic E-state index is 0.0605. The summed E-state index contributed by atoms with van der Waals surface area (Å²) in [7, 11) is 0. The number of carbonyl (C=O) groups is 2. The van der Waals surface area contributed by atoms with E-state index < -0.39 is 0 Å². The summed E-state index contributed by atoms with van der Waals surface area (Å²) in [4.78, 5) is 25.5. The third-order valence-corrected chi connectivity index (χ3v) is 3.70. The number of aliphatic hydroxyl groups is 1. The zero-order valence-corrected chi connectivity index (χ0v) is 9.82. The van der Waals surface area contributed by atoms with Crippen molar-refractivity contribution in [2.45, 2.75) is 12.2 Å². The number of fused-ring (bicyclic) bond motifs is 5. The van der Waals surface area contributed by atoms with Gasteiger partial charge >= 0.3 is 0 Å². The van der Waals surface area contributed by atoms with Gasteiger partial charge in [-0.25, -0.2) is 0 Å². The summed E-state index contributed by atoms with van der Waals surface area (Å²) >= 11 is 0. The van der Waals surface area contributed by atoms with Crippen molar-refractivity contribution in [2.75, 3.05) is 26.4 Å². The molecular weight excluding hydrogens is 238 g/mol. The van der Waals surface area contributed by atoms with Crippen molar-refractivity contribution in [1.82, 2.24) is 4.90 Å². The van der Waals surface area contributed by atoms with Crippen molar-refractivity contribution in [3.8, 4) is 0 Å². The highest BCUT2D eigenvalue weighted by Crippen LogP contribution is 2.44. The van der Waals surface area contributed by atoms with Crippen molar-refractivity contribution >= 4 is 11.8 Å². The quantitative estimate of drug-likeness (QED) is 0.384. The molecule has 0 saturated carbocycles. The number of imide groups is 1. The van der Waals surface area contributed by atoms with E-state index in [1.807, 2.05) is 12.2 Å². The first kappa shape index (κ1) is 11.8.